The summed E-state index contributed by atoms with van der Waals surface area (Å²) in [5.41, 5.74) is 0. The Morgan fingerprint density at radius 2 is 0.481 bits per heavy atom. The van der Waals surface area contributed by atoms with Crippen molar-refractivity contribution in [2.75, 3.05) is 13.2 Å². The molecule has 0 rings (SSSR count). The van der Waals surface area contributed by atoms with Crippen molar-refractivity contribution in [1.82, 2.24) is 0 Å². The van der Waals surface area contributed by atoms with Gasteiger partial charge in [0.15, 0.2) is 6.10 Å². The third-order valence-corrected chi connectivity index (χ3v) is 16.0. The molecule has 0 aliphatic rings. The molecule has 0 fully saturated rings. The van der Waals surface area contributed by atoms with Crippen molar-refractivity contribution in [2.45, 2.75) is 386 Å². The molecule has 0 aromatic rings. The number of hydrogen-bond acceptors (Lipinski definition) is 6. The Morgan fingerprint density at radius 1 is 0.259 bits per heavy atom. The molecule has 472 valence electrons. The first-order valence-electron chi connectivity index (χ1n) is 35.8. The number of unbranched alkanes of at least 4 members (excludes halogenated alkanes) is 45. The average molecular weight is 1130 g/mol. The van der Waals surface area contributed by atoms with Crippen LogP contribution in [0.4, 0.5) is 0 Å². The molecule has 0 aromatic carbocycles. The summed E-state index contributed by atoms with van der Waals surface area (Å²) in [5, 5.41) is 0. The van der Waals surface area contributed by atoms with E-state index in [1.165, 1.54) is 257 Å². The summed E-state index contributed by atoms with van der Waals surface area (Å²) in [5.74, 6) is -0.868. The van der Waals surface area contributed by atoms with Crippen molar-refractivity contribution >= 4 is 17.9 Å². The minimum absolute atomic E-state index is 0.0763. The monoisotopic (exact) mass is 1130 g/mol. The summed E-state index contributed by atoms with van der Waals surface area (Å²) in [6.07, 6.45) is 89.7. The summed E-state index contributed by atoms with van der Waals surface area (Å²) in [6, 6.07) is 0. The molecule has 1 atom stereocenters. The molecule has 0 aliphatic carbocycles. The molecule has 0 saturated heterocycles. The Kier molecular flexibility index (Phi) is 67.1. The van der Waals surface area contributed by atoms with E-state index in [-0.39, 0.29) is 31.1 Å². The van der Waals surface area contributed by atoms with E-state index in [1.807, 2.05) is 0 Å². The Balaban J connectivity index is 4.24. The van der Waals surface area contributed by atoms with Crippen LogP contribution >= 0.6 is 0 Å². The molecule has 0 bridgehead atoms. The third kappa shape index (κ3) is 67.8. The Labute approximate surface area is 504 Å². The van der Waals surface area contributed by atoms with Gasteiger partial charge >= 0.3 is 17.9 Å². The highest BCUT2D eigenvalue weighted by Gasteiger charge is 2.19. The summed E-state index contributed by atoms with van der Waals surface area (Å²) < 4.78 is 17.0. The largest absolute Gasteiger partial charge is 0.462 e. The summed E-state index contributed by atoms with van der Waals surface area (Å²) in [4.78, 5) is 38.4. The van der Waals surface area contributed by atoms with Crippen LogP contribution in [0.2, 0.25) is 0 Å². The van der Waals surface area contributed by atoms with Crippen molar-refractivity contribution in [3.8, 4) is 0 Å². The van der Waals surface area contributed by atoms with Gasteiger partial charge in [0, 0.05) is 19.3 Å². The van der Waals surface area contributed by atoms with Crippen LogP contribution in [0, 0.1) is 0 Å². The third-order valence-electron chi connectivity index (χ3n) is 16.0. The average Bonchev–Trinajstić information content (AvgIpc) is 3.47. The number of carbonyl (C=O) groups excluding carboxylic acids is 3. The molecule has 6 heteroatoms. The quantitative estimate of drug-likeness (QED) is 0.0261. The molecule has 0 N–H and O–H groups in total. The normalized spacial score (nSPS) is 12.4. The van der Waals surface area contributed by atoms with Gasteiger partial charge in [-0.3, -0.25) is 14.4 Å². The fourth-order valence-electron chi connectivity index (χ4n) is 10.6. The predicted molar refractivity (Wildman–Crippen MR) is 353 cm³/mol. The second kappa shape index (κ2) is 69.6. The topological polar surface area (TPSA) is 78.9 Å². The van der Waals surface area contributed by atoms with Crippen LogP contribution in [0.3, 0.4) is 0 Å². The van der Waals surface area contributed by atoms with E-state index >= 15 is 0 Å². The second-order valence-corrected chi connectivity index (χ2v) is 24.1. The van der Waals surface area contributed by atoms with E-state index in [0.717, 1.165) is 83.5 Å². The van der Waals surface area contributed by atoms with Crippen molar-refractivity contribution in [3.05, 3.63) is 60.8 Å². The number of hydrogen-bond donors (Lipinski definition) is 0. The van der Waals surface area contributed by atoms with E-state index in [2.05, 4.69) is 81.5 Å². The Hall–Kier alpha value is -2.89. The van der Waals surface area contributed by atoms with Gasteiger partial charge in [0.05, 0.1) is 0 Å². The lowest BCUT2D eigenvalue weighted by Crippen LogP contribution is -2.30. The minimum atomic E-state index is -0.782. The van der Waals surface area contributed by atoms with Crippen molar-refractivity contribution in [1.29, 1.82) is 0 Å². The Bertz CT molecular complexity index is 1440. The van der Waals surface area contributed by atoms with Crippen LogP contribution < -0.4 is 0 Å². The van der Waals surface area contributed by atoms with Gasteiger partial charge < -0.3 is 14.2 Å². The number of ether oxygens (including phenoxy) is 3. The van der Waals surface area contributed by atoms with Crippen LogP contribution in [-0.4, -0.2) is 37.2 Å². The van der Waals surface area contributed by atoms with Gasteiger partial charge in [-0.25, -0.2) is 0 Å². The van der Waals surface area contributed by atoms with E-state index < -0.39 is 6.10 Å². The fraction of sp³-hybridized carbons (Fsp3) is 0.827. The highest BCUT2D eigenvalue weighted by molar-refractivity contribution is 5.71. The Morgan fingerprint density at radius 3 is 0.765 bits per heavy atom. The van der Waals surface area contributed by atoms with E-state index in [1.54, 1.807) is 0 Å². The number of esters is 3. The van der Waals surface area contributed by atoms with Crippen molar-refractivity contribution < 1.29 is 28.6 Å². The van der Waals surface area contributed by atoms with Crippen LogP contribution in [0.25, 0.3) is 0 Å². The van der Waals surface area contributed by atoms with E-state index in [0.29, 0.717) is 19.3 Å². The lowest BCUT2D eigenvalue weighted by atomic mass is 10.0. The maximum absolute atomic E-state index is 12.9. The first kappa shape index (κ1) is 78.1. The smallest absolute Gasteiger partial charge is 0.306 e. The highest BCUT2D eigenvalue weighted by atomic mass is 16.6. The van der Waals surface area contributed by atoms with Gasteiger partial charge in [-0.2, -0.15) is 0 Å². The first-order valence-corrected chi connectivity index (χ1v) is 35.8. The molecule has 0 amide bonds. The van der Waals surface area contributed by atoms with E-state index in [4.69, 9.17) is 14.2 Å². The number of rotatable bonds is 66. The molecule has 1 unspecified atom stereocenters. The number of allylic oxidation sites excluding steroid dienone is 10. The van der Waals surface area contributed by atoms with Gasteiger partial charge in [-0.15, -0.1) is 0 Å². The molecular weight excluding hydrogens is 997 g/mol. The molecule has 81 heavy (non-hydrogen) atoms. The molecule has 0 heterocycles. The molecule has 0 aromatic heterocycles. The van der Waals surface area contributed by atoms with Gasteiger partial charge in [-0.05, 0) is 103 Å². The number of carbonyl (C=O) groups is 3. The summed E-state index contributed by atoms with van der Waals surface area (Å²) >= 11 is 0. The highest BCUT2D eigenvalue weighted by Crippen LogP contribution is 2.18. The maximum Gasteiger partial charge on any atom is 0.306 e. The molecule has 0 radical (unpaired) electrons. The lowest BCUT2D eigenvalue weighted by Gasteiger charge is -2.18. The zero-order valence-electron chi connectivity index (χ0n) is 54.3. The van der Waals surface area contributed by atoms with Crippen molar-refractivity contribution in [2.24, 2.45) is 0 Å². The lowest BCUT2D eigenvalue weighted by molar-refractivity contribution is -0.167. The van der Waals surface area contributed by atoms with Gasteiger partial charge in [-0.1, -0.05) is 319 Å². The standard InChI is InChI=1S/C75H136O6/c1-4-7-10-13-16-19-22-25-28-31-32-33-34-35-36-37-38-39-40-41-42-45-47-50-53-56-59-62-65-68-74(77)80-71-72(81-75(78)69-66-63-60-57-54-51-48-44-30-27-24-21-18-15-12-9-6-3)70-79-73(76)67-64-61-58-55-52-49-46-43-29-26-23-20-17-14-11-8-5-2/h9,12,18,21,26-27,29-32,72H,4-8,10-11,13-17,19-20,22-25,28,33-71H2,1-3H3/b12-9-,21-18-,29-26-,30-27-,32-31-. The molecule has 6 nitrogen and oxygen atoms in total. The molecule has 0 saturated carbocycles. The fourth-order valence-corrected chi connectivity index (χ4v) is 10.6. The zero-order valence-corrected chi connectivity index (χ0v) is 54.3. The van der Waals surface area contributed by atoms with Gasteiger partial charge in [0.2, 0.25) is 0 Å². The van der Waals surface area contributed by atoms with Crippen LogP contribution in [0.1, 0.15) is 380 Å². The maximum atomic E-state index is 12.9. The summed E-state index contributed by atoms with van der Waals surface area (Å²) in [7, 11) is 0. The van der Waals surface area contributed by atoms with E-state index in [9.17, 15) is 14.4 Å². The molecule has 0 spiro atoms. The van der Waals surface area contributed by atoms with Crippen LogP contribution in [0.5, 0.6) is 0 Å². The van der Waals surface area contributed by atoms with Crippen molar-refractivity contribution in [3.63, 3.8) is 0 Å². The first-order chi connectivity index (χ1) is 40.0. The molecule has 0 aliphatic heterocycles. The van der Waals surface area contributed by atoms with Crippen LogP contribution in [0.15, 0.2) is 60.8 Å². The predicted octanol–water partition coefficient (Wildman–Crippen LogP) is 24.7. The minimum Gasteiger partial charge on any atom is -0.462 e. The van der Waals surface area contributed by atoms with Crippen LogP contribution in [-0.2, 0) is 28.6 Å². The SMILES string of the molecule is CC/C=C\C/C=C\C/C=C\CCCCCCCCCC(=O)OC(COC(=O)CCCCCCCCC/C=C\CCCCCCCC)COC(=O)CCCCCCCCCCCCCCCCCCC/C=C\CCCCCCCCCC. The second-order valence-electron chi connectivity index (χ2n) is 24.1. The van der Waals surface area contributed by atoms with Gasteiger partial charge in [0.25, 0.3) is 0 Å². The zero-order chi connectivity index (χ0) is 58.5. The molecular formula is C75H136O6. The van der Waals surface area contributed by atoms with Gasteiger partial charge in [0.1, 0.15) is 13.2 Å². The summed E-state index contributed by atoms with van der Waals surface area (Å²) in [6.45, 7) is 6.57.